The molecule has 0 unspecified atom stereocenters. The fraction of sp³-hybridized carbons (Fsp3) is 0.381. The Morgan fingerprint density at radius 2 is 1.68 bits per heavy atom. The van der Waals surface area contributed by atoms with Crippen LogP contribution in [0.1, 0.15) is 28.8 Å². The molecular weight excluding hydrogens is 464 g/mol. The summed E-state index contributed by atoms with van der Waals surface area (Å²) in [5.41, 5.74) is 6.12. The van der Waals surface area contributed by atoms with Crippen LogP contribution in [0.5, 0.6) is 0 Å². The molecule has 1 saturated heterocycles. The van der Waals surface area contributed by atoms with E-state index in [1.165, 1.54) is 12.1 Å². The van der Waals surface area contributed by atoms with Crippen LogP contribution in [0.4, 0.5) is 10.1 Å². The van der Waals surface area contributed by atoms with Crippen LogP contribution in [0.3, 0.4) is 0 Å². The quantitative estimate of drug-likeness (QED) is 0.676. The predicted molar refractivity (Wildman–Crippen MR) is 119 cm³/mol. The van der Waals surface area contributed by atoms with E-state index in [9.17, 15) is 13.2 Å². The highest BCUT2D eigenvalue weighted by molar-refractivity contribution is 7.92. The monoisotopic (exact) mass is 485 g/mol. The Bertz CT molecular complexity index is 1110. The molecule has 0 spiro atoms. The van der Waals surface area contributed by atoms with E-state index < -0.39 is 32.4 Å². The lowest BCUT2D eigenvalue weighted by Crippen LogP contribution is -2.46. The molecule has 1 heterocycles. The minimum absolute atomic E-state index is 0.265. The molecule has 6 nitrogen and oxygen atoms in total. The first-order chi connectivity index (χ1) is 14.7. The first-order valence-corrected chi connectivity index (χ1v) is 12.3. The molecule has 2 fully saturated rings. The van der Waals surface area contributed by atoms with Gasteiger partial charge in [0.05, 0.1) is 10.8 Å². The van der Waals surface area contributed by atoms with Gasteiger partial charge in [-0.1, -0.05) is 29.3 Å². The molecule has 1 aliphatic heterocycles. The van der Waals surface area contributed by atoms with Crippen molar-refractivity contribution in [3.8, 4) is 0 Å². The summed E-state index contributed by atoms with van der Waals surface area (Å²) in [7, 11) is -3.85. The van der Waals surface area contributed by atoms with Crippen LogP contribution in [0.15, 0.2) is 35.2 Å². The molecular formula is C21H22Cl2FN3O3S. The molecule has 0 atom stereocenters. The second kappa shape index (κ2) is 8.58. The number of nitrogens with two attached hydrogens (primary N) is 1. The topological polar surface area (TPSA) is 83.7 Å². The maximum atomic E-state index is 15.0. The molecule has 2 aromatic rings. The van der Waals surface area contributed by atoms with Gasteiger partial charge >= 0.3 is 0 Å². The van der Waals surface area contributed by atoms with Crippen molar-refractivity contribution in [2.24, 2.45) is 5.73 Å². The van der Waals surface area contributed by atoms with Gasteiger partial charge in [0.2, 0.25) is 0 Å². The lowest BCUT2D eigenvalue weighted by atomic mass is 10.1. The Hall–Kier alpha value is -1.87. The summed E-state index contributed by atoms with van der Waals surface area (Å²) in [4.78, 5) is 15.4. The van der Waals surface area contributed by atoms with Crippen LogP contribution in [-0.2, 0) is 16.4 Å². The molecule has 0 radical (unpaired) electrons. The highest BCUT2D eigenvalue weighted by Gasteiger charge is 2.41. The molecule has 2 N–H and O–H groups in total. The van der Waals surface area contributed by atoms with Gasteiger partial charge in [0, 0.05) is 48.5 Å². The van der Waals surface area contributed by atoms with Crippen molar-refractivity contribution in [2.45, 2.75) is 29.5 Å². The van der Waals surface area contributed by atoms with E-state index in [-0.39, 0.29) is 11.4 Å². The minimum atomic E-state index is -3.85. The van der Waals surface area contributed by atoms with E-state index in [0.29, 0.717) is 54.6 Å². The third-order valence-corrected chi connectivity index (χ3v) is 8.47. The molecule has 1 saturated carbocycles. The number of hydrogen-bond donors (Lipinski definition) is 1. The van der Waals surface area contributed by atoms with E-state index in [1.54, 1.807) is 6.07 Å². The van der Waals surface area contributed by atoms with E-state index in [1.807, 2.05) is 12.1 Å². The number of hydrogen-bond acceptors (Lipinski definition) is 5. The van der Waals surface area contributed by atoms with Crippen molar-refractivity contribution in [2.75, 3.05) is 31.1 Å². The Balaban J connectivity index is 1.55. The number of rotatable bonds is 6. The fourth-order valence-corrected chi connectivity index (χ4v) is 6.35. The number of carbonyl (C=O) groups is 1. The second-order valence-electron chi connectivity index (χ2n) is 7.91. The SMILES string of the molecule is NC(=O)c1ccc(CN2CCN(c3cc(Cl)cc(Cl)c3)CC2)c(S(=O)(=O)C2CC2)c1F. The van der Waals surface area contributed by atoms with Gasteiger partial charge in [-0.25, -0.2) is 12.8 Å². The number of piperazine rings is 1. The summed E-state index contributed by atoms with van der Waals surface area (Å²) in [5, 5.41) is 0.531. The molecule has 1 amide bonds. The van der Waals surface area contributed by atoms with E-state index in [2.05, 4.69) is 9.80 Å². The van der Waals surface area contributed by atoms with Crippen molar-refractivity contribution >= 4 is 44.6 Å². The number of amides is 1. The van der Waals surface area contributed by atoms with Gasteiger partial charge in [-0.2, -0.15) is 0 Å². The van der Waals surface area contributed by atoms with Gasteiger partial charge in [-0.15, -0.1) is 0 Å². The molecule has 10 heteroatoms. The molecule has 2 aliphatic rings. The first-order valence-electron chi connectivity index (χ1n) is 9.95. The predicted octanol–water partition coefficient (Wildman–Crippen LogP) is 3.49. The maximum absolute atomic E-state index is 15.0. The Morgan fingerprint density at radius 1 is 1.06 bits per heavy atom. The maximum Gasteiger partial charge on any atom is 0.251 e. The van der Waals surface area contributed by atoms with E-state index >= 15 is 4.39 Å². The van der Waals surface area contributed by atoms with Gasteiger partial charge in [-0.3, -0.25) is 9.69 Å². The first kappa shape index (κ1) is 22.3. The number of halogens is 3. The summed E-state index contributed by atoms with van der Waals surface area (Å²) >= 11 is 12.2. The second-order valence-corrected chi connectivity index (χ2v) is 11.0. The molecule has 0 aromatic heterocycles. The van der Waals surface area contributed by atoms with Crippen LogP contribution < -0.4 is 10.6 Å². The van der Waals surface area contributed by atoms with Crippen LogP contribution in [-0.4, -0.2) is 50.7 Å². The number of carbonyl (C=O) groups excluding carboxylic acids is 1. The van der Waals surface area contributed by atoms with Crippen LogP contribution in [0.2, 0.25) is 10.0 Å². The minimum Gasteiger partial charge on any atom is -0.369 e. The van der Waals surface area contributed by atoms with Gasteiger partial charge < -0.3 is 10.6 Å². The van der Waals surface area contributed by atoms with E-state index in [4.69, 9.17) is 28.9 Å². The van der Waals surface area contributed by atoms with Crippen LogP contribution in [0, 0.1) is 5.82 Å². The molecule has 1 aliphatic carbocycles. The van der Waals surface area contributed by atoms with Crippen LogP contribution >= 0.6 is 23.2 Å². The summed E-state index contributed by atoms with van der Waals surface area (Å²) in [5.74, 6) is -2.02. The summed E-state index contributed by atoms with van der Waals surface area (Å²) in [6.07, 6.45) is 1.01. The Morgan fingerprint density at radius 3 is 2.23 bits per heavy atom. The molecule has 166 valence electrons. The lowest BCUT2D eigenvalue weighted by Gasteiger charge is -2.36. The molecule has 2 aromatic carbocycles. The highest BCUT2D eigenvalue weighted by Crippen LogP contribution is 2.37. The summed E-state index contributed by atoms with van der Waals surface area (Å²) < 4.78 is 40.9. The van der Waals surface area contributed by atoms with Gasteiger partial charge in [0.1, 0.15) is 4.90 Å². The number of sulfone groups is 1. The van der Waals surface area contributed by atoms with Gasteiger partial charge in [0.15, 0.2) is 15.7 Å². The van der Waals surface area contributed by atoms with Crippen molar-refractivity contribution in [3.05, 3.63) is 57.3 Å². The number of benzene rings is 2. The van der Waals surface area contributed by atoms with E-state index in [0.717, 1.165) is 5.69 Å². The zero-order valence-electron chi connectivity index (χ0n) is 16.7. The zero-order chi connectivity index (χ0) is 22.3. The molecule has 4 rings (SSSR count). The van der Waals surface area contributed by atoms with Crippen molar-refractivity contribution < 1.29 is 17.6 Å². The van der Waals surface area contributed by atoms with Gasteiger partial charge in [-0.05, 0) is 42.7 Å². The van der Waals surface area contributed by atoms with Gasteiger partial charge in [0.25, 0.3) is 5.91 Å². The number of nitrogens with zero attached hydrogens (tertiary/aromatic N) is 2. The normalized spacial score (nSPS) is 17.7. The van der Waals surface area contributed by atoms with Crippen molar-refractivity contribution in [3.63, 3.8) is 0 Å². The van der Waals surface area contributed by atoms with Crippen molar-refractivity contribution in [1.82, 2.24) is 4.90 Å². The largest absolute Gasteiger partial charge is 0.369 e. The lowest BCUT2D eigenvalue weighted by molar-refractivity contribution is 0.0996. The summed E-state index contributed by atoms with van der Waals surface area (Å²) in [6, 6.07) is 8.14. The highest BCUT2D eigenvalue weighted by atomic mass is 35.5. The zero-order valence-corrected chi connectivity index (χ0v) is 19.0. The number of anilines is 1. The number of primary amides is 1. The third-order valence-electron chi connectivity index (χ3n) is 5.67. The fourth-order valence-electron chi connectivity index (χ4n) is 3.89. The van der Waals surface area contributed by atoms with Crippen molar-refractivity contribution in [1.29, 1.82) is 0 Å². The smallest absolute Gasteiger partial charge is 0.251 e. The standard InChI is InChI=1S/C21H22Cl2FN3O3S/c22-14-9-15(23)11-16(10-14)27-7-5-26(6-8-27)12-13-1-4-18(21(25)28)19(24)20(13)31(29,30)17-2-3-17/h1,4,9-11,17H,2-3,5-8,12H2,(H2,25,28). The Kier molecular flexibility index (Phi) is 6.18. The molecule has 31 heavy (non-hydrogen) atoms. The summed E-state index contributed by atoms with van der Waals surface area (Å²) in [6.45, 7) is 2.92. The third kappa shape index (κ3) is 4.67. The average molecular weight is 486 g/mol. The average Bonchev–Trinajstić information content (AvgIpc) is 3.53. The Labute approximate surface area is 190 Å². The van der Waals surface area contributed by atoms with Crippen LogP contribution in [0.25, 0.3) is 0 Å². The molecule has 0 bridgehead atoms.